The van der Waals surface area contributed by atoms with Gasteiger partial charge < -0.3 is 24.8 Å². The molecule has 0 aromatic rings. The Labute approximate surface area is 283 Å². The fraction of sp³-hybridized carbons (Fsp3) is 0.857. The minimum Gasteiger partial charge on any atom is -0.478 e. The number of hydrogen-bond acceptors (Lipinski definition) is 7. The van der Waals surface area contributed by atoms with Gasteiger partial charge in [0, 0.05) is 23.8 Å². The Hall–Kier alpha value is -2.35. The van der Waals surface area contributed by atoms with Crippen molar-refractivity contribution in [3.63, 3.8) is 0 Å². The molecule has 4 saturated carbocycles. The van der Waals surface area contributed by atoms with E-state index in [9.17, 15) is 56.0 Å². The molecular formula is C35H50F6O8. The Morgan fingerprint density at radius 3 is 2.06 bits per heavy atom. The second-order valence-corrected chi connectivity index (χ2v) is 16.1. The van der Waals surface area contributed by atoms with Crippen molar-refractivity contribution in [2.75, 3.05) is 0 Å². The van der Waals surface area contributed by atoms with Gasteiger partial charge in [-0.3, -0.25) is 9.59 Å². The van der Waals surface area contributed by atoms with Crippen LogP contribution >= 0.6 is 0 Å². The second kappa shape index (κ2) is 13.3. The Morgan fingerprint density at radius 2 is 1.55 bits per heavy atom. The number of halogens is 6. The molecule has 4 rings (SSSR count). The fourth-order valence-corrected chi connectivity index (χ4v) is 10.8. The molecule has 4 fully saturated rings. The first-order valence-electron chi connectivity index (χ1n) is 17.2. The van der Waals surface area contributed by atoms with Crippen LogP contribution in [0.1, 0.15) is 99.8 Å². The van der Waals surface area contributed by atoms with Crippen molar-refractivity contribution in [3.05, 3.63) is 11.1 Å². The van der Waals surface area contributed by atoms with E-state index >= 15 is 0 Å². The van der Waals surface area contributed by atoms with E-state index < -0.39 is 101 Å². The maximum absolute atomic E-state index is 13.7. The van der Waals surface area contributed by atoms with E-state index in [1.165, 1.54) is 6.92 Å². The van der Waals surface area contributed by atoms with Gasteiger partial charge in [-0.2, -0.15) is 26.3 Å². The number of fused-ring (bicyclic) bond motifs is 5. The zero-order valence-corrected chi connectivity index (χ0v) is 29.1. The second-order valence-electron chi connectivity index (χ2n) is 16.1. The highest BCUT2D eigenvalue weighted by Gasteiger charge is 2.75. The Morgan fingerprint density at radius 1 is 0.959 bits per heavy atom. The molecule has 0 aliphatic heterocycles. The summed E-state index contributed by atoms with van der Waals surface area (Å²) in [5.74, 6) is -11.4. The predicted molar refractivity (Wildman–Crippen MR) is 163 cm³/mol. The third kappa shape index (κ3) is 6.62. The molecule has 11 unspecified atom stereocenters. The Bertz CT molecular complexity index is 1310. The SMILES string of the molecule is CC(=O)OC1CC2(C)C(CCC3C4(C)CCC(O)C(C)C4C(OC(=O)C(C(F)(F)F)C(F)(F)F)C(O)C32C)/C1=C(\CCCC(C)C)C(=O)O. The first kappa shape index (κ1) is 39.4. The van der Waals surface area contributed by atoms with Crippen LogP contribution in [0.3, 0.4) is 0 Å². The van der Waals surface area contributed by atoms with Crippen LogP contribution < -0.4 is 0 Å². The van der Waals surface area contributed by atoms with Gasteiger partial charge in [0.05, 0.1) is 12.2 Å². The fourth-order valence-electron chi connectivity index (χ4n) is 10.8. The number of hydrogen-bond donors (Lipinski definition) is 3. The summed E-state index contributed by atoms with van der Waals surface area (Å²) >= 11 is 0. The number of carboxylic acids is 1. The molecule has 4 aliphatic carbocycles. The summed E-state index contributed by atoms with van der Waals surface area (Å²) in [6.45, 7) is 12.1. The summed E-state index contributed by atoms with van der Waals surface area (Å²) in [6, 6.07) is 0. The van der Waals surface area contributed by atoms with Gasteiger partial charge >= 0.3 is 30.3 Å². The van der Waals surface area contributed by atoms with Crippen molar-refractivity contribution < 1.29 is 65.5 Å². The topological polar surface area (TPSA) is 130 Å². The number of alkyl halides is 6. The Kier molecular flexibility index (Phi) is 10.7. The van der Waals surface area contributed by atoms with Gasteiger partial charge in [0.15, 0.2) is 0 Å². The maximum Gasteiger partial charge on any atom is 0.411 e. The van der Waals surface area contributed by atoms with Crippen molar-refractivity contribution in [2.45, 2.75) is 137 Å². The predicted octanol–water partition coefficient (Wildman–Crippen LogP) is 7.01. The van der Waals surface area contributed by atoms with Gasteiger partial charge in [0.25, 0.3) is 0 Å². The molecule has 0 spiro atoms. The number of carbonyl (C=O) groups is 3. The lowest BCUT2D eigenvalue weighted by atomic mass is 9.35. The zero-order chi connectivity index (χ0) is 37.2. The number of aliphatic hydroxyl groups excluding tert-OH is 2. The van der Waals surface area contributed by atoms with Gasteiger partial charge in [-0.15, -0.1) is 0 Å². The first-order valence-corrected chi connectivity index (χ1v) is 17.2. The van der Waals surface area contributed by atoms with Gasteiger partial charge in [-0.1, -0.05) is 48.0 Å². The summed E-state index contributed by atoms with van der Waals surface area (Å²) in [5, 5.41) is 33.7. The van der Waals surface area contributed by atoms with Crippen LogP contribution in [0, 0.1) is 51.8 Å². The van der Waals surface area contributed by atoms with Crippen LogP contribution in [-0.2, 0) is 23.9 Å². The summed E-state index contributed by atoms with van der Waals surface area (Å²) in [7, 11) is 0. The minimum absolute atomic E-state index is 0.0327. The summed E-state index contributed by atoms with van der Waals surface area (Å²) < 4.78 is 93.1. The van der Waals surface area contributed by atoms with E-state index in [1.54, 1.807) is 20.8 Å². The average molecular weight is 713 g/mol. The van der Waals surface area contributed by atoms with E-state index in [-0.39, 0.29) is 24.8 Å². The van der Waals surface area contributed by atoms with Gasteiger partial charge in [-0.25, -0.2) is 4.79 Å². The normalized spacial score (nSPS) is 40.3. The molecule has 4 aliphatic rings. The molecule has 0 aromatic heterocycles. The molecule has 0 aromatic carbocycles. The maximum atomic E-state index is 13.7. The van der Waals surface area contributed by atoms with Crippen LogP contribution in [-0.4, -0.2) is 70.0 Å². The highest BCUT2D eigenvalue weighted by molar-refractivity contribution is 5.88. The van der Waals surface area contributed by atoms with Crippen molar-refractivity contribution in [2.24, 2.45) is 51.8 Å². The third-order valence-electron chi connectivity index (χ3n) is 13.1. The quantitative estimate of drug-likeness (QED) is 0.139. The summed E-state index contributed by atoms with van der Waals surface area (Å²) in [5.41, 5.74) is -2.90. The smallest absolute Gasteiger partial charge is 0.411 e. The number of aliphatic carboxylic acids is 1. The molecule has 0 bridgehead atoms. The van der Waals surface area contributed by atoms with Crippen molar-refractivity contribution >= 4 is 17.9 Å². The van der Waals surface area contributed by atoms with Crippen LogP contribution in [0.2, 0.25) is 0 Å². The lowest BCUT2D eigenvalue weighted by molar-refractivity contribution is -0.306. The number of ether oxygens (including phenoxy) is 2. The standard InChI is InChI=1S/C35H50F6O8/c1-16(2)9-8-10-19(29(45)46)24-20-11-12-23-31(5)14-13-21(43)17(3)25(31)26(49-30(47)27(34(36,37)38)35(39,40)41)28(44)33(23,7)32(20,6)15-22(24)48-18(4)42/h16-17,20-23,25-28,43-44H,8-15H2,1-7H3,(H,45,46)/b24-19-. The summed E-state index contributed by atoms with van der Waals surface area (Å²) in [6.07, 6.45) is -14.9. The van der Waals surface area contributed by atoms with Gasteiger partial charge in [0.2, 0.25) is 5.92 Å². The number of rotatable bonds is 8. The zero-order valence-electron chi connectivity index (χ0n) is 29.1. The molecular weight excluding hydrogens is 662 g/mol. The van der Waals surface area contributed by atoms with Crippen LogP contribution in [0.25, 0.3) is 0 Å². The number of aliphatic hydroxyl groups is 2. The van der Waals surface area contributed by atoms with Crippen molar-refractivity contribution in [3.8, 4) is 0 Å². The van der Waals surface area contributed by atoms with Crippen LogP contribution in [0.4, 0.5) is 26.3 Å². The molecule has 14 heteroatoms. The lowest BCUT2D eigenvalue weighted by Crippen LogP contribution is -2.72. The third-order valence-corrected chi connectivity index (χ3v) is 13.1. The van der Waals surface area contributed by atoms with Crippen LogP contribution in [0.5, 0.6) is 0 Å². The largest absolute Gasteiger partial charge is 0.478 e. The molecule has 0 amide bonds. The number of esters is 2. The molecule has 11 atom stereocenters. The van der Waals surface area contributed by atoms with E-state index in [0.717, 1.165) is 6.42 Å². The first-order chi connectivity index (χ1) is 22.3. The number of carboxylic acid groups (broad SMARTS) is 1. The van der Waals surface area contributed by atoms with E-state index in [2.05, 4.69) is 0 Å². The highest BCUT2D eigenvalue weighted by atomic mass is 19.4. The number of carbonyl (C=O) groups excluding carboxylic acids is 2. The monoisotopic (exact) mass is 712 g/mol. The molecule has 49 heavy (non-hydrogen) atoms. The van der Waals surface area contributed by atoms with Crippen molar-refractivity contribution in [1.29, 1.82) is 0 Å². The Balaban J connectivity index is 1.90. The highest BCUT2D eigenvalue weighted by Crippen LogP contribution is 2.75. The van der Waals surface area contributed by atoms with E-state index in [0.29, 0.717) is 37.2 Å². The molecule has 8 nitrogen and oxygen atoms in total. The summed E-state index contributed by atoms with van der Waals surface area (Å²) in [4.78, 5) is 38.1. The van der Waals surface area contributed by atoms with E-state index in [1.807, 2.05) is 20.8 Å². The lowest BCUT2D eigenvalue weighted by Gasteiger charge is -2.70. The molecule has 280 valence electrons. The average Bonchev–Trinajstić information content (AvgIpc) is 3.21. The van der Waals surface area contributed by atoms with E-state index in [4.69, 9.17) is 9.47 Å². The molecule has 0 heterocycles. The molecule has 0 saturated heterocycles. The van der Waals surface area contributed by atoms with Crippen molar-refractivity contribution in [1.82, 2.24) is 0 Å². The van der Waals surface area contributed by atoms with Gasteiger partial charge in [0.1, 0.15) is 12.2 Å². The molecule has 3 N–H and O–H groups in total. The molecule has 0 radical (unpaired) electrons. The van der Waals surface area contributed by atoms with Crippen LogP contribution in [0.15, 0.2) is 11.1 Å². The minimum atomic E-state index is -6.02. The van der Waals surface area contributed by atoms with Gasteiger partial charge in [-0.05, 0) is 85.0 Å².